The highest BCUT2D eigenvalue weighted by atomic mass is 31.2. The summed E-state index contributed by atoms with van der Waals surface area (Å²) in [5.74, 6) is 0.0254. The topological polar surface area (TPSA) is 55.4 Å². The zero-order valence-corrected chi connectivity index (χ0v) is 21.0. The molecule has 2 fully saturated rings. The second-order valence-corrected chi connectivity index (χ2v) is 14.3. The molecule has 5 heteroatoms. The van der Waals surface area contributed by atoms with Crippen molar-refractivity contribution >= 4 is 24.8 Å². The van der Waals surface area contributed by atoms with E-state index in [1.807, 2.05) is 62.4 Å². The van der Waals surface area contributed by atoms with Crippen LogP contribution >= 0.6 is 7.26 Å². The average molecular weight is 467 g/mol. The van der Waals surface area contributed by atoms with E-state index in [4.69, 9.17) is 4.74 Å². The second kappa shape index (κ2) is 10.4. The number of para-hydroxylation sites is 1. The van der Waals surface area contributed by atoms with Gasteiger partial charge in [0.2, 0.25) is 0 Å². The van der Waals surface area contributed by atoms with Crippen LogP contribution in [-0.2, 0) is 20.9 Å². The van der Waals surface area contributed by atoms with Gasteiger partial charge in [-0.05, 0) is 75.5 Å². The minimum atomic E-state index is -1.86. The van der Waals surface area contributed by atoms with E-state index < -0.39 is 7.26 Å². The Bertz CT molecular complexity index is 956. The zero-order chi connectivity index (χ0) is 23.3. The molecule has 2 aromatic rings. The SMILES string of the molecule is Cc1cccc(C)c1NC(=O)C1([P+]2(CC(=O)OCc3ccccc3)CCCCCC2)CCC1. The first kappa shape index (κ1) is 24.0. The number of anilines is 1. The van der Waals surface area contributed by atoms with Crippen molar-refractivity contribution in [2.45, 2.75) is 70.6 Å². The fraction of sp³-hybridized carbons (Fsp3) is 0.500. The largest absolute Gasteiger partial charge is 0.458 e. The molecule has 1 saturated heterocycles. The normalized spacial score (nSPS) is 19.1. The van der Waals surface area contributed by atoms with Crippen molar-refractivity contribution in [3.05, 3.63) is 65.2 Å². The molecule has 4 rings (SSSR count). The van der Waals surface area contributed by atoms with Gasteiger partial charge >= 0.3 is 5.97 Å². The standard InChI is InChI=1S/C28H36NO3P/c1-22-12-10-13-23(2)26(22)29-27(31)28(16-11-17-28)33(18-8-3-4-9-19-33)21-25(30)32-20-24-14-6-5-7-15-24/h5-7,10,12-15H,3-4,8-9,11,16-21H2,1-2H3/p+1. The Morgan fingerprint density at radius 1 is 0.879 bits per heavy atom. The molecule has 0 radical (unpaired) electrons. The van der Waals surface area contributed by atoms with E-state index in [0.29, 0.717) is 12.8 Å². The molecule has 0 aromatic heterocycles. The maximum atomic E-state index is 14.0. The van der Waals surface area contributed by atoms with Crippen LogP contribution in [0.2, 0.25) is 0 Å². The summed E-state index contributed by atoms with van der Waals surface area (Å²) < 4.78 is 5.75. The first-order valence-corrected chi connectivity index (χ1v) is 14.7. The molecule has 1 amide bonds. The highest BCUT2D eigenvalue weighted by molar-refractivity contribution is 7.79. The molecule has 0 unspecified atom stereocenters. The third-order valence-corrected chi connectivity index (χ3v) is 13.5. The molecule has 0 spiro atoms. The quantitative estimate of drug-likeness (QED) is 0.374. The number of hydrogen-bond donors (Lipinski definition) is 1. The van der Waals surface area contributed by atoms with Gasteiger partial charge in [0.05, 0.1) is 12.3 Å². The Morgan fingerprint density at radius 3 is 2.09 bits per heavy atom. The van der Waals surface area contributed by atoms with Crippen molar-refractivity contribution in [2.75, 3.05) is 23.8 Å². The molecule has 33 heavy (non-hydrogen) atoms. The van der Waals surface area contributed by atoms with E-state index in [1.165, 1.54) is 12.8 Å². The lowest BCUT2D eigenvalue weighted by atomic mass is 9.83. The number of rotatable bonds is 7. The summed E-state index contributed by atoms with van der Waals surface area (Å²) in [6, 6.07) is 16.0. The highest BCUT2D eigenvalue weighted by Crippen LogP contribution is 2.76. The number of ether oxygens (including phenoxy) is 1. The predicted molar refractivity (Wildman–Crippen MR) is 137 cm³/mol. The molecule has 2 aromatic carbocycles. The van der Waals surface area contributed by atoms with Crippen LogP contribution in [0.25, 0.3) is 0 Å². The van der Waals surface area contributed by atoms with Crippen molar-refractivity contribution in [2.24, 2.45) is 0 Å². The molecule has 1 saturated carbocycles. The smallest absolute Gasteiger partial charge is 0.344 e. The van der Waals surface area contributed by atoms with E-state index in [9.17, 15) is 9.59 Å². The van der Waals surface area contributed by atoms with Crippen molar-refractivity contribution in [3.8, 4) is 0 Å². The van der Waals surface area contributed by atoms with Crippen molar-refractivity contribution in [1.29, 1.82) is 0 Å². The monoisotopic (exact) mass is 466 g/mol. The van der Waals surface area contributed by atoms with Gasteiger partial charge < -0.3 is 10.1 Å². The fourth-order valence-electron chi connectivity index (χ4n) is 5.73. The van der Waals surface area contributed by atoms with Crippen LogP contribution in [0, 0.1) is 13.8 Å². The fourth-order valence-corrected chi connectivity index (χ4v) is 11.4. The predicted octanol–water partition coefficient (Wildman–Crippen LogP) is 6.50. The molecule has 1 aliphatic carbocycles. The van der Waals surface area contributed by atoms with Crippen LogP contribution in [0.5, 0.6) is 0 Å². The minimum Gasteiger partial charge on any atom is -0.458 e. The molecule has 0 bridgehead atoms. The van der Waals surface area contributed by atoms with Crippen molar-refractivity contribution in [1.82, 2.24) is 0 Å². The van der Waals surface area contributed by atoms with E-state index in [2.05, 4.69) is 5.32 Å². The Hall–Kier alpha value is -2.19. The van der Waals surface area contributed by atoms with Gasteiger partial charge in [0, 0.05) is 12.9 Å². The summed E-state index contributed by atoms with van der Waals surface area (Å²) in [7, 11) is -1.86. The number of carbonyl (C=O) groups is 2. The lowest BCUT2D eigenvalue weighted by Gasteiger charge is -2.48. The van der Waals surface area contributed by atoms with Crippen LogP contribution in [-0.4, -0.2) is 35.5 Å². The van der Waals surface area contributed by atoms with E-state index in [0.717, 1.165) is 66.8 Å². The molecular formula is C28H37NO3P+. The van der Waals surface area contributed by atoms with Gasteiger partial charge in [-0.15, -0.1) is 0 Å². The van der Waals surface area contributed by atoms with Gasteiger partial charge in [0.15, 0.2) is 11.3 Å². The van der Waals surface area contributed by atoms with Gasteiger partial charge in [-0.3, -0.25) is 4.79 Å². The maximum absolute atomic E-state index is 14.0. The van der Waals surface area contributed by atoms with Gasteiger partial charge in [-0.1, -0.05) is 48.5 Å². The first-order valence-electron chi connectivity index (χ1n) is 12.4. The molecule has 1 aliphatic heterocycles. The molecule has 4 nitrogen and oxygen atoms in total. The summed E-state index contributed by atoms with van der Waals surface area (Å²) in [6.07, 6.45) is 10.1. The lowest BCUT2D eigenvalue weighted by Crippen LogP contribution is -2.53. The summed E-state index contributed by atoms with van der Waals surface area (Å²) in [5, 5.41) is 2.95. The Labute approximate surface area is 198 Å². The summed E-state index contributed by atoms with van der Waals surface area (Å²) in [4.78, 5) is 27.1. The summed E-state index contributed by atoms with van der Waals surface area (Å²) >= 11 is 0. The molecule has 2 aliphatic rings. The molecule has 0 atom stereocenters. The van der Waals surface area contributed by atoms with Gasteiger partial charge in [0.25, 0.3) is 5.91 Å². The Balaban J connectivity index is 1.57. The molecular weight excluding hydrogens is 429 g/mol. The first-order chi connectivity index (χ1) is 16.0. The zero-order valence-electron chi connectivity index (χ0n) is 20.1. The Kier molecular flexibility index (Phi) is 7.54. The maximum Gasteiger partial charge on any atom is 0.344 e. The van der Waals surface area contributed by atoms with Crippen LogP contribution in [0.1, 0.15) is 61.6 Å². The van der Waals surface area contributed by atoms with E-state index in [1.54, 1.807) is 0 Å². The third-order valence-electron chi connectivity index (χ3n) is 7.83. The van der Waals surface area contributed by atoms with Crippen LogP contribution in [0.15, 0.2) is 48.5 Å². The number of esters is 1. The number of aryl methyl sites for hydroxylation is 2. The summed E-state index contributed by atoms with van der Waals surface area (Å²) in [5.41, 5.74) is 4.13. The van der Waals surface area contributed by atoms with Crippen molar-refractivity contribution in [3.63, 3.8) is 0 Å². The van der Waals surface area contributed by atoms with Crippen LogP contribution in [0.3, 0.4) is 0 Å². The number of amides is 1. The van der Waals surface area contributed by atoms with Crippen LogP contribution < -0.4 is 5.32 Å². The van der Waals surface area contributed by atoms with Gasteiger partial charge in [-0.2, -0.15) is 0 Å². The van der Waals surface area contributed by atoms with Gasteiger partial charge in [0.1, 0.15) is 6.61 Å². The number of carbonyl (C=O) groups excluding carboxylic acids is 2. The molecule has 1 N–H and O–H groups in total. The third kappa shape index (κ3) is 5.01. The molecule has 1 heterocycles. The molecule has 176 valence electrons. The average Bonchev–Trinajstić information content (AvgIpc) is 3.01. The second-order valence-electron chi connectivity index (χ2n) is 9.92. The number of nitrogens with one attached hydrogen (secondary N) is 1. The van der Waals surface area contributed by atoms with Crippen LogP contribution in [0.4, 0.5) is 5.69 Å². The number of benzene rings is 2. The number of hydrogen-bond acceptors (Lipinski definition) is 3. The Morgan fingerprint density at radius 2 is 1.52 bits per heavy atom. The van der Waals surface area contributed by atoms with Crippen molar-refractivity contribution < 1.29 is 14.3 Å². The van der Waals surface area contributed by atoms with E-state index in [-0.39, 0.29) is 17.0 Å². The summed E-state index contributed by atoms with van der Waals surface area (Å²) in [6.45, 7) is 4.41. The lowest BCUT2D eigenvalue weighted by molar-refractivity contribution is -0.141. The highest BCUT2D eigenvalue weighted by Gasteiger charge is 2.66. The minimum absolute atomic E-state index is 0.125. The van der Waals surface area contributed by atoms with Gasteiger partial charge in [-0.25, -0.2) is 4.79 Å². The van der Waals surface area contributed by atoms with E-state index >= 15 is 0 Å².